The lowest BCUT2D eigenvalue weighted by molar-refractivity contribution is -0.151. The van der Waals surface area contributed by atoms with Crippen LogP contribution in [0.25, 0.3) is 0 Å². The molecule has 1 heterocycles. The Morgan fingerprint density at radius 3 is 2.68 bits per heavy atom. The number of aliphatic carboxylic acids is 1. The fraction of sp³-hybridized carbons (Fsp3) is 0.250. The third kappa shape index (κ3) is 4.97. The zero-order valence-electron chi connectivity index (χ0n) is 14.0. The van der Waals surface area contributed by atoms with Crippen molar-refractivity contribution in [2.24, 2.45) is 0 Å². The molecule has 1 aliphatic rings. The van der Waals surface area contributed by atoms with Gasteiger partial charge in [-0.1, -0.05) is 45.4 Å². The number of amides is 2. The van der Waals surface area contributed by atoms with Crippen LogP contribution < -0.4 is 10.1 Å². The van der Waals surface area contributed by atoms with Crippen LogP contribution in [0.15, 0.2) is 35.7 Å². The number of aliphatic hydroxyl groups excluding tert-OH is 1. The normalized spacial score (nSPS) is 19.4. The number of ether oxygens (including phenoxy) is 1. The maximum atomic E-state index is 12.4. The number of thioether (sulfide) groups is 1. The van der Waals surface area contributed by atoms with Crippen molar-refractivity contribution < 1.29 is 34.1 Å². The summed E-state index contributed by atoms with van der Waals surface area (Å²) < 4.78 is 5.27. The quantitative estimate of drug-likeness (QED) is 0.155. The van der Waals surface area contributed by atoms with Gasteiger partial charge in [-0.15, -0.1) is 0 Å². The molecule has 0 aliphatic carbocycles. The smallest absolute Gasteiger partial charge is 0.356 e. The van der Waals surface area contributed by atoms with Crippen molar-refractivity contribution in [3.05, 3.63) is 40.7 Å². The molecule has 1 aliphatic heterocycles. The highest BCUT2D eigenvalue weighted by Crippen LogP contribution is 2.34. The molecule has 9 nitrogen and oxygen atoms in total. The molecule has 1 fully saturated rings. The molecule has 2 rings (SSSR count). The lowest BCUT2D eigenvalue weighted by Gasteiger charge is -2.45. The maximum Gasteiger partial charge on any atom is 0.356 e. The Labute approximate surface area is 176 Å². The van der Waals surface area contributed by atoms with Crippen molar-refractivity contribution in [1.82, 2.24) is 10.2 Å². The highest BCUT2D eigenvalue weighted by molar-refractivity contribution is 9.09. The van der Waals surface area contributed by atoms with E-state index in [0.29, 0.717) is 28.2 Å². The summed E-state index contributed by atoms with van der Waals surface area (Å²) in [5.41, 5.74) is -0.252. The Hall–Kier alpha value is -2.24. The van der Waals surface area contributed by atoms with Crippen LogP contribution >= 0.6 is 39.3 Å². The molecule has 0 saturated carbocycles. The molecule has 0 spiro atoms. The second-order valence-corrected chi connectivity index (χ2v) is 7.30. The molecule has 2 unspecified atom stereocenters. The zero-order valence-corrected chi connectivity index (χ0v) is 17.2. The lowest BCUT2D eigenvalue weighted by Crippen LogP contribution is -2.69. The minimum absolute atomic E-state index is 0.207. The number of aliphatic hydroxyl groups is 1. The van der Waals surface area contributed by atoms with Crippen molar-refractivity contribution in [3.63, 3.8) is 0 Å². The van der Waals surface area contributed by atoms with Gasteiger partial charge < -0.3 is 20.3 Å². The van der Waals surface area contributed by atoms with E-state index in [1.165, 1.54) is 6.07 Å². The van der Waals surface area contributed by atoms with Crippen LogP contribution in [0.1, 0.15) is 0 Å². The number of allylic oxidation sites excluding steroid dienone is 1. The van der Waals surface area contributed by atoms with Crippen LogP contribution in [-0.4, -0.2) is 61.9 Å². The Kier molecular flexibility index (Phi) is 7.72. The van der Waals surface area contributed by atoms with Gasteiger partial charge >= 0.3 is 5.97 Å². The van der Waals surface area contributed by atoms with E-state index in [1.807, 2.05) is 0 Å². The SMILES string of the molecule is O=CSC1C(NC(=O)COc2cccc(Cl)c2)C(=O)N1C(C(=O)O)=C(O)CBr. The van der Waals surface area contributed by atoms with E-state index in [4.69, 9.17) is 16.3 Å². The average molecular weight is 494 g/mol. The molecular formula is C16H14BrClN2O7S. The van der Waals surface area contributed by atoms with E-state index in [2.05, 4.69) is 21.2 Å². The molecule has 28 heavy (non-hydrogen) atoms. The van der Waals surface area contributed by atoms with E-state index in [9.17, 15) is 29.4 Å². The first-order valence-electron chi connectivity index (χ1n) is 7.61. The molecule has 1 aromatic rings. The number of β-lactam (4-membered cyclic amide) rings is 1. The van der Waals surface area contributed by atoms with Gasteiger partial charge in [0.2, 0.25) is 0 Å². The molecule has 12 heteroatoms. The van der Waals surface area contributed by atoms with Gasteiger partial charge in [-0.3, -0.25) is 19.3 Å². The second-order valence-electron chi connectivity index (χ2n) is 5.36. The predicted molar refractivity (Wildman–Crippen MR) is 105 cm³/mol. The molecule has 0 radical (unpaired) electrons. The first-order chi connectivity index (χ1) is 13.3. The second kappa shape index (κ2) is 9.80. The van der Waals surface area contributed by atoms with Crippen LogP contribution in [0.3, 0.4) is 0 Å². The minimum atomic E-state index is -1.55. The third-order valence-corrected chi connectivity index (χ3v) is 5.20. The van der Waals surface area contributed by atoms with Crippen molar-refractivity contribution in [2.45, 2.75) is 11.4 Å². The maximum absolute atomic E-state index is 12.4. The molecule has 2 atom stereocenters. The topological polar surface area (TPSA) is 133 Å². The predicted octanol–water partition coefficient (Wildman–Crippen LogP) is 1.54. The summed E-state index contributed by atoms with van der Waals surface area (Å²) in [7, 11) is 0. The van der Waals surface area contributed by atoms with Crippen molar-refractivity contribution in [2.75, 3.05) is 11.9 Å². The van der Waals surface area contributed by atoms with Crippen LogP contribution in [0, 0.1) is 0 Å². The molecule has 3 N–H and O–H groups in total. The van der Waals surface area contributed by atoms with Crippen molar-refractivity contribution >= 4 is 62.7 Å². The number of hydrogen-bond acceptors (Lipinski definition) is 7. The first kappa shape index (κ1) is 22.1. The summed E-state index contributed by atoms with van der Waals surface area (Å²) in [6.07, 6.45) is 0. The van der Waals surface area contributed by atoms with Crippen LogP contribution in [0.2, 0.25) is 5.02 Å². The summed E-state index contributed by atoms with van der Waals surface area (Å²) in [6.45, 7) is -0.420. The number of nitrogens with zero attached hydrogens (tertiary/aromatic N) is 1. The van der Waals surface area contributed by atoms with E-state index in [0.717, 1.165) is 4.90 Å². The van der Waals surface area contributed by atoms with Gasteiger partial charge in [-0.25, -0.2) is 4.79 Å². The van der Waals surface area contributed by atoms with E-state index >= 15 is 0 Å². The number of carboxylic acid groups (broad SMARTS) is 1. The van der Waals surface area contributed by atoms with E-state index in [-0.39, 0.29) is 5.33 Å². The van der Waals surface area contributed by atoms with Gasteiger partial charge in [0.25, 0.3) is 11.8 Å². The Morgan fingerprint density at radius 1 is 1.39 bits per heavy atom. The summed E-state index contributed by atoms with van der Waals surface area (Å²) in [5.74, 6) is -3.22. The number of carbonyl (C=O) groups is 4. The number of likely N-dealkylation sites (tertiary alicyclic amines) is 1. The number of halogens is 2. The highest BCUT2D eigenvalue weighted by atomic mass is 79.9. The number of benzene rings is 1. The summed E-state index contributed by atoms with van der Waals surface area (Å²) >= 11 is 9.32. The summed E-state index contributed by atoms with van der Waals surface area (Å²) in [4.78, 5) is 47.5. The molecule has 0 aromatic heterocycles. The monoisotopic (exact) mass is 492 g/mol. The van der Waals surface area contributed by atoms with E-state index in [1.54, 1.807) is 18.2 Å². The Balaban J connectivity index is 2.07. The van der Waals surface area contributed by atoms with Gasteiger partial charge in [0, 0.05) is 5.02 Å². The molecule has 0 bridgehead atoms. The zero-order chi connectivity index (χ0) is 20.8. The number of hydrogen-bond donors (Lipinski definition) is 3. The number of alkyl halides is 1. The fourth-order valence-electron chi connectivity index (χ4n) is 2.38. The standard InChI is InChI=1S/C16H14BrClN2O7S/c17-5-10(22)13(16(25)26)20-14(24)12(15(20)28-7-21)19-11(23)6-27-9-3-1-2-8(18)4-9/h1-4,7,12,15,22H,5-6H2,(H,19,23)(H,25,26). The van der Waals surface area contributed by atoms with E-state index < -0.39 is 47.3 Å². The van der Waals surface area contributed by atoms with Gasteiger partial charge in [-0.05, 0) is 18.2 Å². The molecular weight excluding hydrogens is 480 g/mol. The molecule has 2 amide bonds. The van der Waals surface area contributed by atoms with Gasteiger partial charge in [-0.2, -0.15) is 0 Å². The molecule has 1 saturated heterocycles. The molecule has 1 aromatic carbocycles. The lowest BCUT2D eigenvalue weighted by atomic mass is 10.1. The van der Waals surface area contributed by atoms with Gasteiger partial charge in [0.15, 0.2) is 17.9 Å². The average Bonchev–Trinajstić information content (AvgIpc) is 2.66. The van der Waals surface area contributed by atoms with Crippen LogP contribution in [0.4, 0.5) is 0 Å². The summed E-state index contributed by atoms with van der Waals surface area (Å²) in [5, 5.41) is 20.6. The number of nitrogens with one attached hydrogen (secondary N) is 1. The van der Waals surface area contributed by atoms with Gasteiger partial charge in [0.05, 0.1) is 5.33 Å². The number of rotatable bonds is 9. The van der Waals surface area contributed by atoms with Crippen LogP contribution in [-0.2, 0) is 19.2 Å². The Bertz CT molecular complexity index is 835. The van der Waals surface area contributed by atoms with Crippen molar-refractivity contribution in [1.29, 1.82) is 0 Å². The van der Waals surface area contributed by atoms with Crippen LogP contribution in [0.5, 0.6) is 5.75 Å². The molecule has 150 valence electrons. The third-order valence-electron chi connectivity index (χ3n) is 3.56. The largest absolute Gasteiger partial charge is 0.509 e. The summed E-state index contributed by atoms with van der Waals surface area (Å²) in [6, 6.07) is 5.21. The van der Waals surface area contributed by atoms with Gasteiger partial charge in [0.1, 0.15) is 22.9 Å². The number of carboxylic acids is 1. The highest BCUT2D eigenvalue weighted by Gasteiger charge is 2.52. The number of carbonyl (C=O) groups excluding carboxylic acids is 3. The Morgan fingerprint density at radius 2 is 2.11 bits per heavy atom. The van der Waals surface area contributed by atoms with Crippen molar-refractivity contribution in [3.8, 4) is 5.75 Å². The minimum Gasteiger partial charge on any atom is -0.509 e. The fourth-order valence-corrected chi connectivity index (χ4v) is 3.61. The first-order valence-corrected chi connectivity index (χ1v) is 10.1.